The van der Waals surface area contributed by atoms with E-state index < -0.39 is 29.7 Å². The Morgan fingerprint density at radius 3 is 2.71 bits per heavy atom. The summed E-state index contributed by atoms with van der Waals surface area (Å²) in [5, 5.41) is 10.2. The van der Waals surface area contributed by atoms with E-state index in [9.17, 15) is 19.1 Å². The molecule has 0 aromatic heterocycles. The van der Waals surface area contributed by atoms with Gasteiger partial charge in [-0.3, -0.25) is 9.69 Å². The van der Waals surface area contributed by atoms with Crippen LogP contribution in [0.4, 0.5) is 14.9 Å². The van der Waals surface area contributed by atoms with Crippen LogP contribution in [0.25, 0.3) is 0 Å². The lowest BCUT2D eigenvalue weighted by atomic mass is 10.1. The molecule has 1 aliphatic rings. The number of rotatable bonds is 4. The molecule has 1 aromatic carbocycles. The third-order valence-electron chi connectivity index (χ3n) is 4.25. The molecule has 2 rings (SSSR count). The van der Waals surface area contributed by atoms with E-state index in [2.05, 4.69) is 15.9 Å². The smallest absolute Gasteiger partial charge is 0.410 e. The van der Waals surface area contributed by atoms with Crippen LogP contribution in [0, 0.1) is 5.82 Å². The highest BCUT2D eigenvalue weighted by Crippen LogP contribution is 2.28. The number of nitrogens with zero attached hydrogens (tertiary/aromatic N) is 2. The molecule has 0 bridgehead atoms. The number of anilines is 1. The maximum absolute atomic E-state index is 13.6. The van der Waals surface area contributed by atoms with E-state index >= 15 is 0 Å². The number of aliphatic hydroxyl groups is 1. The number of aliphatic hydroxyl groups excluding tert-OH is 1. The average molecular weight is 457 g/mol. The van der Waals surface area contributed by atoms with Crippen LogP contribution in [0.5, 0.6) is 0 Å². The van der Waals surface area contributed by atoms with Gasteiger partial charge in [0.25, 0.3) is 0 Å². The Morgan fingerprint density at radius 1 is 1.43 bits per heavy atom. The summed E-state index contributed by atoms with van der Waals surface area (Å²) in [7, 11) is 0. The van der Waals surface area contributed by atoms with E-state index in [-0.39, 0.29) is 12.5 Å². The Balaban J connectivity index is 2.14. The molecule has 1 fully saturated rings. The topological polar surface area (TPSA) is 70.1 Å². The van der Waals surface area contributed by atoms with E-state index in [1.807, 2.05) is 0 Å². The summed E-state index contributed by atoms with van der Waals surface area (Å²) >= 11 is 3.33. The van der Waals surface area contributed by atoms with Crippen molar-refractivity contribution in [1.82, 2.24) is 4.90 Å². The van der Waals surface area contributed by atoms with Crippen molar-refractivity contribution in [2.45, 2.75) is 51.9 Å². The van der Waals surface area contributed by atoms with Crippen LogP contribution >= 0.6 is 15.9 Å². The van der Waals surface area contributed by atoms with Crippen molar-refractivity contribution in [3.63, 3.8) is 0 Å². The minimum atomic E-state index is -0.713. The first-order valence-corrected chi connectivity index (χ1v) is 9.86. The van der Waals surface area contributed by atoms with Gasteiger partial charge in [-0.25, -0.2) is 9.18 Å². The maximum Gasteiger partial charge on any atom is 0.410 e. The van der Waals surface area contributed by atoms with Crippen LogP contribution in [0.3, 0.4) is 0 Å². The third-order valence-corrected chi connectivity index (χ3v) is 4.92. The van der Waals surface area contributed by atoms with Gasteiger partial charge in [0.2, 0.25) is 5.91 Å². The molecule has 2 amide bonds. The molecule has 1 aromatic rings. The average Bonchev–Trinajstić information content (AvgIpc) is 2.93. The van der Waals surface area contributed by atoms with E-state index in [1.54, 1.807) is 32.9 Å². The first kappa shape index (κ1) is 22.4. The molecule has 0 unspecified atom stereocenters. The van der Waals surface area contributed by atoms with E-state index in [1.165, 1.54) is 34.9 Å². The minimum absolute atomic E-state index is 0.169. The van der Waals surface area contributed by atoms with Gasteiger partial charge in [0.1, 0.15) is 11.4 Å². The summed E-state index contributed by atoms with van der Waals surface area (Å²) in [6, 6.07) is 3.57. The van der Waals surface area contributed by atoms with Gasteiger partial charge in [-0.05, 0) is 61.3 Å². The Morgan fingerprint density at radius 2 is 2.11 bits per heavy atom. The molecule has 2 atom stereocenters. The molecule has 1 aliphatic heterocycles. The summed E-state index contributed by atoms with van der Waals surface area (Å²) in [6.07, 6.45) is 2.62. The Kier molecular flexibility index (Phi) is 7.22. The normalized spacial score (nSPS) is 19.9. The summed E-state index contributed by atoms with van der Waals surface area (Å²) in [4.78, 5) is 27.3. The summed E-state index contributed by atoms with van der Waals surface area (Å²) in [6.45, 7) is 7.29. The van der Waals surface area contributed by atoms with Crippen molar-refractivity contribution in [2.24, 2.45) is 0 Å². The number of likely N-dealkylation sites (tertiary alicyclic amines) is 1. The molecule has 6 nitrogen and oxygen atoms in total. The van der Waals surface area contributed by atoms with Gasteiger partial charge < -0.3 is 14.7 Å². The quantitative estimate of drug-likeness (QED) is 0.698. The highest BCUT2D eigenvalue weighted by molar-refractivity contribution is 9.10. The molecule has 0 saturated carbocycles. The second-order valence-electron chi connectivity index (χ2n) is 7.67. The number of hydrogen-bond acceptors (Lipinski definition) is 4. The minimum Gasteiger partial charge on any atom is -0.444 e. The number of ether oxygens (including phenoxy) is 1. The monoisotopic (exact) mass is 456 g/mol. The molecule has 1 N–H and O–H groups in total. The molecule has 1 heterocycles. The molecule has 28 heavy (non-hydrogen) atoms. The van der Waals surface area contributed by atoms with Crippen LogP contribution in [0.15, 0.2) is 34.8 Å². The number of halogens is 2. The summed E-state index contributed by atoms with van der Waals surface area (Å²) < 4.78 is 19.6. The Bertz CT molecular complexity index is 763. The number of carbonyl (C=O) groups excluding carboxylic acids is 2. The lowest BCUT2D eigenvalue weighted by molar-refractivity contribution is -0.116. The zero-order valence-corrected chi connectivity index (χ0v) is 18.1. The maximum atomic E-state index is 13.6. The SMILES string of the molecule is CC(=O)N(CC=C[C@@H]1[C@@H](O)CCN1C(=O)OC(C)(C)C)c1cc(F)ccc1Br. The van der Waals surface area contributed by atoms with Crippen molar-refractivity contribution in [2.75, 3.05) is 18.0 Å². The molecule has 1 saturated heterocycles. The van der Waals surface area contributed by atoms with Crippen LogP contribution in [-0.2, 0) is 9.53 Å². The van der Waals surface area contributed by atoms with Crippen molar-refractivity contribution >= 4 is 33.6 Å². The third kappa shape index (κ3) is 5.78. The zero-order valence-electron chi connectivity index (χ0n) is 16.5. The van der Waals surface area contributed by atoms with E-state index in [4.69, 9.17) is 4.74 Å². The molecule has 8 heteroatoms. The summed E-state index contributed by atoms with van der Waals surface area (Å²) in [5.41, 5.74) is -0.221. The van der Waals surface area contributed by atoms with Crippen molar-refractivity contribution < 1.29 is 23.8 Å². The van der Waals surface area contributed by atoms with Gasteiger partial charge in [0.15, 0.2) is 0 Å². The van der Waals surface area contributed by atoms with E-state index in [0.717, 1.165) is 0 Å². The van der Waals surface area contributed by atoms with Crippen molar-refractivity contribution in [3.05, 3.63) is 40.6 Å². The van der Waals surface area contributed by atoms with Gasteiger partial charge in [0, 0.05) is 24.5 Å². The molecule has 0 spiro atoms. The molecular formula is C20H26BrFN2O4. The highest BCUT2D eigenvalue weighted by atomic mass is 79.9. The predicted octanol–water partition coefficient (Wildman–Crippen LogP) is 3.87. The van der Waals surface area contributed by atoms with Gasteiger partial charge in [-0.2, -0.15) is 0 Å². The van der Waals surface area contributed by atoms with Crippen LogP contribution in [-0.4, -0.2) is 52.8 Å². The largest absolute Gasteiger partial charge is 0.444 e. The van der Waals surface area contributed by atoms with E-state index in [0.29, 0.717) is 23.1 Å². The first-order chi connectivity index (χ1) is 13.0. The fourth-order valence-corrected chi connectivity index (χ4v) is 3.42. The number of hydrogen-bond donors (Lipinski definition) is 1. The fourth-order valence-electron chi connectivity index (χ4n) is 2.96. The number of carbonyl (C=O) groups is 2. The van der Waals surface area contributed by atoms with Gasteiger partial charge in [-0.15, -0.1) is 0 Å². The lowest BCUT2D eigenvalue weighted by Gasteiger charge is -2.28. The van der Waals surface area contributed by atoms with Crippen LogP contribution in [0.2, 0.25) is 0 Å². The number of benzene rings is 1. The first-order valence-electron chi connectivity index (χ1n) is 9.07. The lowest BCUT2D eigenvalue weighted by Crippen LogP contribution is -2.41. The number of amides is 2. The molecule has 154 valence electrons. The molecule has 0 radical (unpaired) electrons. The molecular weight excluding hydrogens is 431 g/mol. The zero-order chi connectivity index (χ0) is 21.1. The Labute approximate surface area is 173 Å². The van der Waals surface area contributed by atoms with Gasteiger partial charge in [0.05, 0.1) is 17.8 Å². The van der Waals surface area contributed by atoms with Crippen LogP contribution in [0.1, 0.15) is 34.1 Å². The van der Waals surface area contributed by atoms with Gasteiger partial charge >= 0.3 is 6.09 Å². The van der Waals surface area contributed by atoms with Gasteiger partial charge in [-0.1, -0.05) is 12.2 Å². The fraction of sp³-hybridized carbons (Fsp3) is 0.500. The van der Waals surface area contributed by atoms with Crippen molar-refractivity contribution in [1.29, 1.82) is 0 Å². The predicted molar refractivity (Wildman–Crippen MR) is 109 cm³/mol. The molecule has 0 aliphatic carbocycles. The highest BCUT2D eigenvalue weighted by Gasteiger charge is 2.36. The standard InChI is InChI=1S/C20H26BrFN2O4/c1-13(25)23(17-12-14(22)7-8-15(17)21)10-5-6-16-18(26)9-11-24(16)19(27)28-20(2,3)4/h5-8,12,16,18,26H,9-11H2,1-4H3/t16-,18+/m1/s1. The van der Waals surface area contributed by atoms with Crippen molar-refractivity contribution in [3.8, 4) is 0 Å². The summed E-state index contributed by atoms with van der Waals surface area (Å²) in [5.74, 6) is -0.706. The second kappa shape index (κ2) is 9.05. The second-order valence-corrected chi connectivity index (χ2v) is 8.53. The Hall–Kier alpha value is -1.93. The van der Waals surface area contributed by atoms with Crippen LogP contribution < -0.4 is 4.90 Å².